The molecule has 0 unspecified atom stereocenters. The molecule has 3 aromatic rings. The number of hydrogen-bond acceptors (Lipinski definition) is 11. The lowest BCUT2D eigenvalue weighted by molar-refractivity contribution is 0.0374. The molecular formula is C27H37N11O3. The summed E-state index contributed by atoms with van der Waals surface area (Å²) >= 11 is 0. The summed E-state index contributed by atoms with van der Waals surface area (Å²) in [6.45, 7) is 11.8. The number of benzene rings is 1. The molecule has 41 heavy (non-hydrogen) atoms. The lowest BCUT2D eigenvalue weighted by Gasteiger charge is -2.35. The minimum Gasteiger partial charge on any atom is -0.379 e. The molecule has 1 aromatic carbocycles. The van der Waals surface area contributed by atoms with Crippen molar-refractivity contribution >= 4 is 23.2 Å². The zero-order valence-corrected chi connectivity index (χ0v) is 23.8. The first-order chi connectivity index (χ1) is 19.9. The van der Waals surface area contributed by atoms with E-state index in [1.54, 1.807) is 20.0 Å². The number of morpholine rings is 1. The van der Waals surface area contributed by atoms with Crippen LogP contribution in [0.25, 0.3) is 5.69 Å². The fourth-order valence-corrected chi connectivity index (χ4v) is 4.91. The second-order valence-corrected chi connectivity index (χ2v) is 10.4. The maximum absolute atomic E-state index is 13.2. The van der Waals surface area contributed by atoms with Gasteiger partial charge in [-0.25, -0.2) is 9.67 Å². The number of likely N-dealkylation sites (N-methyl/N-ethyl adjacent to an activating group) is 1. The van der Waals surface area contributed by atoms with E-state index in [-0.39, 0.29) is 17.3 Å². The van der Waals surface area contributed by atoms with E-state index < -0.39 is 5.91 Å². The Hall–Kier alpha value is -4.01. The molecule has 14 nitrogen and oxygen atoms in total. The van der Waals surface area contributed by atoms with Crippen molar-refractivity contribution in [2.24, 2.45) is 0 Å². The largest absolute Gasteiger partial charge is 0.379 e. The van der Waals surface area contributed by atoms with Crippen molar-refractivity contribution in [1.29, 1.82) is 0 Å². The summed E-state index contributed by atoms with van der Waals surface area (Å²) in [5.41, 5.74) is 3.04. The molecule has 0 atom stereocenters. The molecule has 2 fully saturated rings. The van der Waals surface area contributed by atoms with Crippen LogP contribution < -0.4 is 15.5 Å². The van der Waals surface area contributed by atoms with Gasteiger partial charge in [0.25, 0.3) is 11.8 Å². The molecule has 2 aromatic heterocycles. The number of ether oxygens (including phenoxy) is 1. The Bertz CT molecular complexity index is 1360. The third-order valence-corrected chi connectivity index (χ3v) is 7.29. The van der Waals surface area contributed by atoms with Gasteiger partial charge in [0.2, 0.25) is 0 Å². The van der Waals surface area contributed by atoms with Gasteiger partial charge in [-0.1, -0.05) is 5.21 Å². The van der Waals surface area contributed by atoms with Crippen molar-refractivity contribution in [1.82, 2.24) is 45.3 Å². The van der Waals surface area contributed by atoms with Gasteiger partial charge in [0.05, 0.1) is 42.2 Å². The molecule has 2 N–H and O–H groups in total. The van der Waals surface area contributed by atoms with Gasteiger partial charge in [0, 0.05) is 45.8 Å². The molecule has 2 aliphatic heterocycles. The Labute approximate surface area is 239 Å². The molecule has 0 aliphatic carbocycles. The first kappa shape index (κ1) is 28.5. The van der Waals surface area contributed by atoms with Crippen molar-refractivity contribution in [3.05, 3.63) is 47.3 Å². The van der Waals surface area contributed by atoms with Crippen LogP contribution in [0.15, 0.2) is 24.4 Å². The van der Waals surface area contributed by atoms with E-state index >= 15 is 0 Å². The highest BCUT2D eigenvalue weighted by Gasteiger charge is 2.22. The van der Waals surface area contributed by atoms with Crippen LogP contribution >= 0.6 is 0 Å². The van der Waals surface area contributed by atoms with Crippen LogP contribution in [0.5, 0.6) is 0 Å². The second-order valence-electron chi connectivity index (χ2n) is 10.4. The maximum atomic E-state index is 13.2. The highest BCUT2D eigenvalue weighted by Crippen LogP contribution is 2.30. The molecule has 218 valence electrons. The molecule has 0 radical (unpaired) electrons. The predicted molar refractivity (Wildman–Crippen MR) is 153 cm³/mol. The smallest absolute Gasteiger partial charge is 0.278 e. The lowest BCUT2D eigenvalue weighted by Crippen LogP contribution is -2.44. The summed E-state index contributed by atoms with van der Waals surface area (Å²) in [5.74, 6) is -0.171. The van der Waals surface area contributed by atoms with Crippen molar-refractivity contribution in [2.75, 3.05) is 82.8 Å². The van der Waals surface area contributed by atoms with Crippen molar-refractivity contribution < 1.29 is 14.3 Å². The number of amides is 2. The fraction of sp³-hybridized carbons (Fsp3) is 0.519. The van der Waals surface area contributed by atoms with E-state index in [0.717, 1.165) is 71.1 Å². The van der Waals surface area contributed by atoms with Crippen LogP contribution in [0.3, 0.4) is 0 Å². The van der Waals surface area contributed by atoms with Crippen molar-refractivity contribution in [3.8, 4) is 5.69 Å². The highest BCUT2D eigenvalue weighted by atomic mass is 16.5. The Morgan fingerprint density at radius 2 is 1.76 bits per heavy atom. The number of aromatic nitrogens is 6. The van der Waals surface area contributed by atoms with E-state index in [1.807, 2.05) is 18.2 Å². The number of carbonyl (C=O) groups is 2. The van der Waals surface area contributed by atoms with Gasteiger partial charge in [0.1, 0.15) is 5.82 Å². The van der Waals surface area contributed by atoms with Crippen LogP contribution in [0.4, 0.5) is 11.4 Å². The summed E-state index contributed by atoms with van der Waals surface area (Å²) < 4.78 is 6.91. The average molecular weight is 564 g/mol. The van der Waals surface area contributed by atoms with Crippen LogP contribution in [0.2, 0.25) is 0 Å². The number of carbonyl (C=O) groups excluding carboxylic acids is 2. The number of hydrogen-bond donors (Lipinski definition) is 2. The monoisotopic (exact) mass is 563 g/mol. The SMILES string of the molecule is Cc1nnc(C(=O)Nc2cc(-n3cc(C(=O)NCCCN4CCOCC4)nn3)ccc2N2CCN(C)CC2)c(C)n1. The Morgan fingerprint density at radius 3 is 2.51 bits per heavy atom. The zero-order valence-electron chi connectivity index (χ0n) is 23.8. The van der Waals surface area contributed by atoms with E-state index in [4.69, 9.17) is 4.74 Å². The van der Waals surface area contributed by atoms with E-state index in [9.17, 15) is 9.59 Å². The Balaban J connectivity index is 1.30. The normalized spacial score (nSPS) is 16.5. The van der Waals surface area contributed by atoms with Gasteiger partial charge in [-0.15, -0.1) is 15.3 Å². The summed E-state index contributed by atoms with van der Waals surface area (Å²) in [7, 11) is 2.09. The molecule has 0 spiro atoms. The Morgan fingerprint density at radius 1 is 0.976 bits per heavy atom. The van der Waals surface area contributed by atoms with Crippen molar-refractivity contribution in [2.45, 2.75) is 20.3 Å². The van der Waals surface area contributed by atoms with Crippen LogP contribution in [0, 0.1) is 13.8 Å². The minimum atomic E-state index is -0.397. The summed E-state index contributed by atoms with van der Waals surface area (Å²) in [4.78, 5) is 37.0. The van der Waals surface area contributed by atoms with E-state index in [1.165, 1.54) is 4.68 Å². The minimum absolute atomic E-state index is 0.165. The zero-order chi connectivity index (χ0) is 28.8. The maximum Gasteiger partial charge on any atom is 0.278 e. The van der Waals surface area contributed by atoms with Gasteiger partial charge < -0.3 is 25.2 Å². The topological polar surface area (TPSA) is 147 Å². The van der Waals surface area contributed by atoms with Crippen molar-refractivity contribution in [3.63, 3.8) is 0 Å². The van der Waals surface area contributed by atoms with E-state index in [2.05, 4.69) is 57.9 Å². The first-order valence-electron chi connectivity index (χ1n) is 14.0. The molecular weight excluding hydrogens is 526 g/mol. The highest BCUT2D eigenvalue weighted by molar-refractivity contribution is 6.05. The predicted octanol–water partition coefficient (Wildman–Crippen LogP) is 0.525. The van der Waals surface area contributed by atoms with Gasteiger partial charge in [-0.2, -0.15) is 0 Å². The van der Waals surface area contributed by atoms with Gasteiger partial charge in [-0.05, 0) is 52.1 Å². The molecule has 0 saturated carbocycles. The first-order valence-corrected chi connectivity index (χ1v) is 14.0. The molecule has 2 saturated heterocycles. The number of piperazine rings is 1. The molecule has 2 amide bonds. The Kier molecular flexibility index (Phi) is 9.11. The summed E-state index contributed by atoms with van der Waals surface area (Å²) in [6, 6.07) is 5.68. The second kappa shape index (κ2) is 13.1. The number of rotatable bonds is 9. The molecule has 2 aliphatic rings. The van der Waals surface area contributed by atoms with Crippen LogP contribution in [0.1, 0.15) is 38.9 Å². The number of anilines is 2. The van der Waals surface area contributed by atoms with Gasteiger partial charge in [-0.3, -0.25) is 14.5 Å². The lowest BCUT2D eigenvalue weighted by atomic mass is 10.2. The quantitative estimate of drug-likeness (QED) is 0.351. The van der Waals surface area contributed by atoms with Crippen LogP contribution in [-0.2, 0) is 4.74 Å². The van der Waals surface area contributed by atoms with Gasteiger partial charge in [0.15, 0.2) is 11.4 Å². The standard InChI is InChI=1S/C27H37N11O3/c1-19-25(33-31-20(2)29-19)27(40)30-22-17-21(5-6-24(22)37-11-9-35(3)10-12-37)38-18-23(32-34-38)26(39)28-7-4-8-36-13-15-41-16-14-36/h5-6,17-18H,4,7-16H2,1-3H3,(H,28,39)(H,30,40). The van der Waals surface area contributed by atoms with Crippen LogP contribution in [-0.4, -0.2) is 124 Å². The average Bonchev–Trinajstić information content (AvgIpc) is 3.47. The summed E-state index contributed by atoms with van der Waals surface area (Å²) in [5, 5.41) is 22.2. The van der Waals surface area contributed by atoms with Gasteiger partial charge >= 0.3 is 0 Å². The fourth-order valence-electron chi connectivity index (χ4n) is 4.91. The molecule has 4 heterocycles. The third-order valence-electron chi connectivity index (χ3n) is 7.29. The summed E-state index contributed by atoms with van der Waals surface area (Å²) in [6.07, 6.45) is 2.43. The number of aryl methyl sites for hydroxylation is 2. The third kappa shape index (κ3) is 7.20. The number of nitrogens with zero attached hydrogens (tertiary/aromatic N) is 9. The molecule has 14 heteroatoms. The van der Waals surface area contributed by atoms with E-state index in [0.29, 0.717) is 29.4 Å². The molecule has 5 rings (SSSR count). The molecule has 0 bridgehead atoms. The number of nitrogens with one attached hydrogen (secondary N) is 2.